The summed E-state index contributed by atoms with van der Waals surface area (Å²) in [7, 11) is 0. The van der Waals surface area contributed by atoms with Crippen molar-refractivity contribution >= 4 is 11.6 Å². The van der Waals surface area contributed by atoms with Gasteiger partial charge in [0.1, 0.15) is 6.54 Å². The molecule has 0 spiro atoms. The second-order valence-corrected chi connectivity index (χ2v) is 5.27. The Kier molecular flexibility index (Phi) is 3.56. The lowest BCUT2D eigenvalue weighted by atomic mass is 10.0. The van der Waals surface area contributed by atoms with Crippen molar-refractivity contribution in [3.05, 3.63) is 58.3 Å². The molecule has 2 heterocycles. The highest BCUT2D eigenvalue weighted by molar-refractivity contribution is 5.94. The minimum atomic E-state index is -0.193. The van der Waals surface area contributed by atoms with Gasteiger partial charge in [0, 0.05) is 24.0 Å². The molecular formula is C16H17N3O2. The van der Waals surface area contributed by atoms with Crippen LogP contribution in [0.4, 0.5) is 5.69 Å². The normalized spacial score (nSPS) is 13.9. The second kappa shape index (κ2) is 5.52. The van der Waals surface area contributed by atoms with Crippen LogP contribution in [0.15, 0.2) is 41.5 Å². The molecule has 5 heteroatoms. The van der Waals surface area contributed by atoms with Crippen LogP contribution in [-0.2, 0) is 17.8 Å². The fourth-order valence-corrected chi connectivity index (χ4v) is 2.66. The summed E-state index contributed by atoms with van der Waals surface area (Å²) in [5.74, 6) is -0.0742. The van der Waals surface area contributed by atoms with E-state index in [1.807, 2.05) is 24.3 Å². The van der Waals surface area contributed by atoms with Gasteiger partial charge in [0.2, 0.25) is 5.91 Å². The van der Waals surface area contributed by atoms with Crippen LogP contribution >= 0.6 is 0 Å². The lowest BCUT2D eigenvalue weighted by Gasteiger charge is -2.29. The lowest BCUT2D eigenvalue weighted by Crippen LogP contribution is -2.39. The fourth-order valence-electron chi connectivity index (χ4n) is 2.66. The molecule has 0 aliphatic carbocycles. The summed E-state index contributed by atoms with van der Waals surface area (Å²) < 4.78 is 1.35. The van der Waals surface area contributed by atoms with Gasteiger partial charge < -0.3 is 4.90 Å². The Bertz CT molecular complexity index is 736. The first-order valence-corrected chi connectivity index (χ1v) is 7.06. The summed E-state index contributed by atoms with van der Waals surface area (Å²) in [6.45, 7) is 2.48. The van der Waals surface area contributed by atoms with Gasteiger partial charge in [0.25, 0.3) is 5.56 Å². The number of rotatable bonds is 2. The van der Waals surface area contributed by atoms with Crippen LogP contribution < -0.4 is 10.5 Å². The Morgan fingerprint density at radius 2 is 2.14 bits per heavy atom. The number of amides is 1. The fraction of sp³-hybridized carbons (Fsp3) is 0.312. The van der Waals surface area contributed by atoms with Crippen LogP contribution in [0.2, 0.25) is 0 Å². The van der Waals surface area contributed by atoms with Crippen molar-refractivity contribution in [2.45, 2.75) is 26.3 Å². The number of aromatic nitrogens is 2. The highest BCUT2D eigenvalue weighted by atomic mass is 16.2. The zero-order chi connectivity index (χ0) is 14.8. The predicted molar refractivity (Wildman–Crippen MR) is 80.4 cm³/mol. The Morgan fingerprint density at radius 3 is 2.95 bits per heavy atom. The summed E-state index contributed by atoms with van der Waals surface area (Å²) in [5, 5.41) is 0. The van der Waals surface area contributed by atoms with Gasteiger partial charge in [-0.3, -0.25) is 14.2 Å². The third-order valence-corrected chi connectivity index (χ3v) is 3.73. The van der Waals surface area contributed by atoms with Gasteiger partial charge in [-0.25, -0.2) is 4.98 Å². The van der Waals surface area contributed by atoms with Crippen LogP contribution in [0.3, 0.4) is 0 Å². The average Bonchev–Trinajstić information content (AvgIpc) is 2.49. The monoisotopic (exact) mass is 283 g/mol. The molecule has 0 unspecified atom stereocenters. The summed E-state index contributed by atoms with van der Waals surface area (Å²) in [5.41, 5.74) is 2.61. The maximum Gasteiger partial charge on any atom is 0.253 e. The number of para-hydroxylation sites is 1. The molecule has 1 amide bonds. The van der Waals surface area contributed by atoms with E-state index in [0.717, 1.165) is 18.5 Å². The number of hydrogen-bond acceptors (Lipinski definition) is 3. The molecule has 1 aliphatic heterocycles. The van der Waals surface area contributed by atoms with Crippen molar-refractivity contribution < 1.29 is 4.79 Å². The first-order valence-electron chi connectivity index (χ1n) is 7.06. The van der Waals surface area contributed by atoms with E-state index in [9.17, 15) is 9.59 Å². The van der Waals surface area contributed by atoms with E-state index < -0.39 is 0 Å². The molecule has 0 radical (unpaired) electrons. The van der Waals surface area contributed by atoms with E-state index in [2.05, 4.69) is 4.98 Å². The zero-order valence-electron chi connectivity index (χ0n) is 12.0. The molecule has 5 nitrogen and oxygen atoms in total. The Hall–Kier alpha value is -2.43. The van der Waals surface area contributed by atoms with E-state index in [1.54, 1.807) is 11.8 Å². The SMILES string of the molecule is Cc1cc(=O)n(CC(=O)N2CCCc3ccccc32)cn1. The Morgan fingerprint density at radius 1 is 1.33 bits per heavy atom. The second-order valence-electron chi connectivity index (χ2n) is 5.27. The van der Waals surface area contributed by atoms with Gasteiger partial charge in [-0.2, -0.15) is 0 Å². The van der Waals surface area contributed by atoms with E-state index >= 15 is 0 Å². The van der Waals surface area contributed by atoms with Gasteiger partial charge in [-0.15, -0.1) is 0 Å². The molecule has 0 saturated carbocycles. The summed E-state index contributed by atoms with van der Waals surface area (Å²) in [4.78, 5) is 30.2. The number of benzene rings is 1. The Balaban J connectivity index is 1.85. The molecule has 0 saturated heterocycles. The number of fused-ring (bicyclic) bond motifs is 1. The first-order chi connectivity index (χ1) is 10.1. The minimum absolute atomic E-state index is 0.0282. The Labute approximate surface area is 122 Å². The maximum absolute atomic E-state index is 12.5. The molecule has 0 atom stereocenters. The van der Waals surface area contributed by atoms with Gasteiger partial charge in [0.05, 0.1) is 6.33 Å². The maximum atomic E-state index is 12.5. The molecule has 0 N–H and O–H groups in total. The van der Waals surface area contributed by atoms with Gasteiger partial charge in [0.15, 0.2) is 0 Å². The molecule has 2 aromatic rings. The molecular weight excluding hydrogens is 266 g/mol. The predicted octanol–water partition coefficient (Wildman–Crippen LogP) is 1.53. The van der Waals surface area contributed by atoms with Crippen LogP contribution in [0.5, 0.6) is 0 Å². The van der Waals surface area contributed by atoms with Crippen LogP contribution in [0, 0.1) is 6.92 Å². The molecule has 3 rings (SSSR count). The molecule has 21 heavy (non-hydrogen) atoms. The van der Waals surface area contributed by atoms with Crippen molar-refractivity contribution in [2.75, 3.05) is 11.4 Å². The lowest BCUT2D eigenvalue weighted by molar-refractivity contribution is -0.119. The van der Waals surface area contributed by atoms with Crippen molar-refractivity contribution in [2.24, 2.45) is 0 Å². The summed E-state index contributed by atoms with van der Waals surface area (Å²) >= 11 is 0. The molecule has 1 aliphatic rings. The van der Waals surface area contributed by atoms with E-state index in [-0.39, 0.29) is 18.0 Å². The van der Waals surface area contributed by atoms with Gasteiger partial charge >= 0.3 is 0 Å². The quantitative estimate of drug-likeness (QED) is 0.840. The number of aryl methyl sites for hydroxylation is 2. The molecule has 1 aromatic carbocycles. The topological polar surface area (TPSA) is 55.2 Å². The number of anilines is 1. The minimum Gasteiger partial charge on any atom is -0.311 e. The van der Waals surface area contributed by atoms with Crippen molar-refractivity contribution in [3.63, 3.8) is 0 Å². The average molecular weight is 283 g/mol. The van der Waals surface area contributed by atoms with Crippen LogP contribution in [-0.4, -0.2) is 22.0 Å². The van der Waals surface area contributed by atoms with Gasteiger partial charge in [-0.05, 0) is 31.4 Å². The van der Waals surface area contributed by atoms with Crippen LogP contribution in [0.25, 0.3) is 0 Å². The number of hydrogen-bond donors (Lipinski definition) is 0. The highest BCUT2D eigenvalue weighted by Crippen LogP contribution is 2.26. The number of nitrogens with zero attached hydrogens (tertiary/aromatic N) is 3. The molecule has 108 valence electrons. The van der Waals surface area contributed by atoms with Crippen molar-refractivity contribution in [3.8, 4) is 0 Å². The number of carbonyl (C=O) groups is 1. The van der Waals surface area contributed by atoms with E-state index in [0.29, 0.717) is 12.2 Å². The zero-order valence-corrected chi connectivity index (χ0v) is 12.0. The van der Waals surface area contributed by atoms with Gasteiger partial charge in [-0.1, -0.05) is 18.2 Å². The highest BCUT2D eigenvalue weighted by Gasteiger charge is 2.22. The third kappa shape index (κ3) is 2.72. The molecule has 0 bridgehead atoms. The summed E-state index contributed by atoms with van der Waals surface area (Å²) in [6, 6.07) is 9.37. The van der Waals surface area contributed by atoms with E-state index in [4.69, 9.17) is 0 Å². The number of carbonyl (C=O) groups excluding carboxylic acids is 1. The first kappa shape index (κ1) is 13.5. The largest absolute Gasteiger partial charge is 0.311 e. The summed E-state index contributed by atoms with van der Waals surface area (Å²) in [6.07, 6.45) is 3.38. The third-order valence-electron chi connectivity index (χ3n) is 3.73. The van der Waals surface area contributed by atoms with Crippen molar-refractivity contribution in [1.82, 2.24) is 9.55 Å². The standard InChI is InChI=1S/C16H17N3O2/c1-12-9-15(20)18(11-17-12)10-16(21)19-8-4-6-13-5-2-3-7-14(13)19/h2-3,5,7,9,11H,4,6,8,10H2,1H3. The van der Waals surface area contributed by atoms with Crippen molar-refractivity contribution in [1.29, 1.82) is 0 Å². The van der Waals surface area contributed by atoms with Crippen LogP contribution in [0.1, 0.15) is 17.7 Å². The van der Waals surface area contributed by atoms with E-state index in [1.165, 1.54) is 22.5 Å². The molecule has 0 fully saturated rings. The smallest absolute Gasteiger partial charge is 0.253 e. The molecule has 1 aromatic heterocycles.